The van der Waals surface area contributed by atoms with Gasteiger partial charge >= 0.3 is 0 Å². The fourth-order valence-corrected chi connectivity index (χ4v) is 2.62. The van der Waals surface area contributed by atoms with Crippen LogP contribution in [0.4, 0.5) is 0 Å². The highest BCUT2D eigenvalue weighted by Crippen LogP contribution is 2.37. The zero-order chi connectivity index (χ0) is 8.39. The average Bonchev–Trinajstić information content (AvgIpc) is 2.75. The van der Waals surface area contributed by atoms with Crippen LogP contribution in [-0.2, 0) is 4.74 Å². The van der Waals surface area contributed by atoms with Crippen molar-refractivity contribution in [3.63, 3.8) is 0 Å². The maximum absolute atomic E-state index is 8.90. The van der Waals surface area contributed by atoms with Crippen LogP contribution in [0, 0.1) is 11.8 Å². The lowest BCUT2D eigenvalue weighted by Crippen LogP contribution is -2.13. The van der Waals surface area contributed by atoms with Crippen molar-refractivity contribution < 1.29 is 9.84 Å². The van der Waals surface area contributed by atoms with Gasteiger partial charge in [-0.15, -0.1) is 0 Å². The smallest absolute Gasteiger partial charge is 0.0809 e. The summed E-state index contributed by atoms with van der Waals surface area (Å²) in [4.78, 5) is 0. The molecule has 12 heavy (non-hydrogen) atoms. The number of hydrogen-bond acceptors (Lipinski definition) is 2. The Morgan fingerprint density at radius 2 is 1.92 bits per heavy atom. The van der Waals surface area contributed by atoms with E-state index in [-0.39, 0.29) is 12.7 Å². The molecule has 2 heteroatoms. The molecule has 0 aromatic carbocycles. The summed E-state index contributed by atoms with van der Waals surface area (Å²) < 4.78 is 5.48. The molecule has 0 spiro atoms. The molecule has 0 bridgehead atoms. The van der Waals surface area contributed by atoms with Gasteiger partial charge in [0.15, 0.2) is 0 Å². The minimum Gasteiger partial charge on any atom is -0.394 e. The Kier molecular flexibility index (Phi) is 2.66. The number of aliphatic hydroxyl groups is 1. The Bertz CT molecular complexity index is 141. The monoisotopic (exact) mass is 170 g/mol. The molecule has 1 aliphatic heterocycles. The third-order valence-electron chi connectivity index (χ3n) is 3.38. The lowest BCUT2D eigenvalue weighted by molar-refractivity contribution is 0.0559. The van der Waals surface area contributed by atoms with Crippen LogP contribution in [-0.4, -0.2) is 24.4 Å². The molecule has 0 unspecified atom stereocenters. The summed E-state index contributed by atoms with van der Waals surface area (Å²) in [6, 6.07) is 0. The fourth-order valence-electron chi connectivity index (χ4n) is 2.62. The standard InChI is InChI=1S/C10H18O2/c11-6-10-5-9(7-12-10)8-3-1-2-4-8/h8-11H,1-7H2/t9-,10+/m1/s1. The van der Waals surface area contributed by atoms with Crippen LogP contribution in [0.2, 0.25) is 0 Å². The van der Waals surface area contributed by atoms with Gasteiger partial charge in [-0.05, 0) is 18.3 Å². The predicted octanol–water partition coefficient (Wildman–Crippen LogP) is 1.57. The van der Waals surface area contributed by atoms with Crippen LogP contribution < -0.4 is 0 Å². The number of ether oxygens (including phenoxy) is 1. The molecule has 1 saturated heterocycles. The van der Waals surface area contributed by atoms with Gasteiger partial charge in [0.05, 0.1) is 19.3 Å². The molecule has 1 N–H and O–H groups in total. The lowest BCUT2D eigenvalue weighted by Gasteiger charge is -2.15. The van der Waals surface area contributed by atoms with E-state index < -0.39 is 0 Å². The molecule has 0 aromatic rings. The number of aliphatic hydroxyl groups excluding tert-OH is 1. The van der Waals surface area contributed by atoms with Gasteiger partial charge in [-0.25, -0.2) is 0 Å². The molecule has 2 fully saturated rings. The molecule has 0 aromatic heterocycles. The third-order valence-corrected chi connectivity index (χ3v) is 3.38. The largest absolute Gasteiger partial charge is 0.394 e. The van der Waals surface area contributed by atoms with Gasteiger partial charge in [-0.3, -0.25) is 0 Å². The maximum atomic E-state index is 8.90. The van der Waals surface area contributed by atoms with Crippen molar-refractivity contribution in [3.8, 4) is 0 Å². The minimum absolute atomic E-state index is 0.149. The highest BCUT2D eigenvalue weighted by atomic mass is 16.5. The van der Waals surface area contributed by atoms with E-state index in [9.17, 15) is 0 Å². The molecule has 2 aliphatic rings. The Morgan fingerprint density at radius 3 is 2.50 bits per heavy atom. The van der Waals surface area contributed by atoms with Crippen molar-refractivity contribution in [1.82, 2.24) is 0 Å². The van der Waals surface area contributed by atoms with Gasteiger partial charge in [0, 0.05) is 0 Å². The molecular weight excluding hydrogens is 152 g/mol. The van der Waals surface area contributed by atoms with Crippen LogP contribution in [0.3, 0.4) is 0 Å². The molecule has 2 nitrogen and oxygen atoms in total. The molecule has 1 heterocycles. The summed E-state index contributed by atoms with van der Waals surface area (Å²) in [6.45, 7) is 1.11. The highest BCUT2D eigenvalue weighted by molar-refractivity contribution is 4.81. The zero-order valence-electron chi connectivity index (χ0n) is 7.54. The quantitative estimate of drug-likeness (QED) is 0.681. The van der Waals surface area contributed by atoms with E-state index in [4.69, 9.17) is 9.84 Å². The molecule has 1 aliphatic carbocycles. The van der Waals surface area contributed by atoms with Crippen molar-refractivity contribution in [2.75, 3.05) is 13.2 Å². The van der Waals surface area contributed by atoms with E-state index in [1.54, 1.807) is 0 Å². The Balaban J connectivity index is 1.81. The normalized spacial score (nSPS) is 37.8. The van der Waals surface area contributed by atoms with Gasteiger partial charge < -0.3 is 9.84 Å². The highest BCUT2D eigenvalue weighted by Gasteiger charge is 2.32. The first kappa shape index (κ1) is 8.52. The molecule has 70 valence electrons. The summed E-state index contributed by atoms with van der Waals surface area (Å²) in [5.41, 5.74) is 0. The van der Waals surface area contributed by atoms with Crippen LogP contribution in [0.5, 0.6) is 0 Å². The Hall–Kier alpha value is -0.0800. The Morgan fingerprint density at radius 1 is 1.17 bits per heavy atom. The average molecular weight is 170 g/mol. The van der Waals surface area contributed by atoms with Gasteiger partial charge in [-0.2, -0.15) is 0 Å². The molecule has 1 saturated carbocycles. The van der Waals surface area contributed by atoms with Crippen LogP contribution in [0.1, 0.15) is 32.1 Å². The van der Waals surface area contributed by atoms with Crippen molar-refractivity contribution in [3.05, 3.63) is 0 Å². The minimum atomic E-state index is 0.149. The molecule has 0 amide bonds. The van der Waals surface area contributed by atoms with Crippen LogP contribution in [0.25, 0.3) is 0 Å². The van der Waals surface area contributed by atoms with Crippen LogP contribution in [0.15, 0.2) is 0 Å². The number of hydrogen-bond donors (Lipinski definition) is 1. The maximum Gasteiger partial charge on any atom is 0.0809 e. The topological polar surface area (TPSA) is 29.5 Å². The first-order chi connectivity index (χ1) is 5.90. The molecular formula is C10H18O2. The summed E-state index contributed by atoms with van der Waals surface area (Å²) in [7, 11) is 0. The summed E-state index contributed by atoms with van der Waals surface area (Å²) in [6.07, 6.45) is 6.85. The van der Waals surface area contributed by atoms with Gasteiger partial charge in [0.1, 0.15) is 0 Å². The van der Waals surface area contributed by atoms with E-state index in [2.05, 4.69) is 0 Å². The first-order valence-corrected chi connectivity index (χ1v) is 5.12. The van der Waals surface area contributed by atoms with Gasteiger partial charge in [0.2, 0.25) is 0 Å². The van der Waals surface area contributed by atoms with Crippen molar-refractivity contribution in [2.24, 2.45) is 11.8 Å². The van der Waals surface area contributed by atoms with E-state index in [0.29, 0.717) is 0 Å². The molecule has 2 rings (SSSR count). The summed E-state index contributed by atoms with van der Waals surface area (Å²) >= 11 is 0. The van der Waals surface area contributed by atoms with Crippen molar-refractivity contribution in [2.45, 2.75) is 38.2 Å². The van der Waals surface area contributed by atoms with Crippen molar-refractivity contribution in [1.29, 1.82) is 0 Å². The first-order valence-electron chi connectivity index (χ1n) is 5.12. The van der Waals surface area contributed by atoms with Gasteiger partial charge in [0.25, 0.3) is 0 Å². The molecule has 0 radical (unpaired) electrons. The summed E-state index contributed by atoms with van der Waals surface area (Å²) in [5.74, 6) is 1.66. The van der Waals surface area contributed by atoms with E-state index in [0.717, 1.165) is 24.9 Å². The van der Waals surface area contributed by atoms with E-state index >= 15 is 0 Å². The number of rotatable bonds is 2. The van der Waals surface area contributed by atoms with Gasteiger partial charge in [-0.1, -0.05) is 25.7 Å². The summed E-state index contributed by atoms with van der Waals surface area (Å²) in [5, 5.41) is 8.90. The van der Waals surface area contributed by atoms with E-state index in [1.165, 1.54) is 25.7 Å². The van der Waals surface area contributed by atoms with Crippen molar-refractivity contribution >= 4 is 0 Å². The van der Waals surface area contributed by atoms with Crippen LogP contribution >= 0.6 is 0 Å². The Labute approximate surface area is 73.9 Å². The predicted molar refractivity (Wildman–Crippen MR) is 46.9 cm³/mol. The fraction of sp³-hybridized carbons (Fsp3) is 1.00. The van der Waals surface area contributed by atoms with E-state index in [1.807, 2.05) is 0 Å². The SMILES string of the molecule is OC[C@@H]1C[C@@H](C2CCCC2)CO1. The second-order valence-corrected chi connectivity index (χ2v) is 4.18. The lowest BCUT2D eigenvalue weighted by atomic mass is 9.89. The third kappa shape index (κ3) is 1.64. The zero-order valence-corrected chi connectivity index (χ0v) is 7.54. The molecule has 2 atom stereocenters. The second kappa shape index (κ2) is 3.75. The second-order valence-electron chi connectivity index (χ2n) is 4.18.